The number of alkyl halides is 1. The quantitative estimate of drug-likeness (QED) is 0.757. The van der Waals surface area contributed by atoms with Gasteiger partial charge in [-0.05, 0) is 20.3 Å². The van der Waals surface area contributed by atoms with E-state index in [2.05, 4.69) is 32.8 Å². The van der Waals surface area contributed by atoms with E-state index in [0.717, 1.165) is 13.0 Å². The Balaban J connectivity index is 2.63. The summed E-state index contributed by atoms with van der Waals surface area (Å²) in [5, 5.41) is 0. The zero-order valence-electron chi connectivity index (χ0n) is 10.9. The lowest BCUT2D eigenvalue weighted by Gasteiger charge is -2.18. The Morgan fingerprint density at radius 3 is 2.71 bits per heavy atom. The molecule has 0 saturated heterocycles. The summed E-state index contributed by atoms with van der Waals surface area (Å²) in [4.78, 5) is 11.1. The number of aromatic nitrogens is 2. The smallest absolute Gasteiger partial charge is 0.228 e. The Bertz CT molecular complexity index is 344. The van der Waals surface area contributed by atoms with Gasteiger partial charge in [0.05, 0.1) is 6.10 Å². The van der Waals surface area contributed by atoms with Crippen molar-refractivity contribution < 1.29 is 4.74 Å². The van der Waals surface area contributed by atoms with Crippen molar-refractivity contribution in [3.8, 4) is 5.88 Å². The van der Waals surface area contributed by atoms with Gasteiger partial charge in [0.2, 0.25) is 11.8 Å². The van der Waals surface area contributed by atoms with Crippen LogP contribution in [0.4, 0.5) is 5.95 Å². The second kappa shape index (κ2) is 6.79. The molecular formula is C12H20BrN3O. The Morgan fingerprint density at radius 1 is 1.41 bits per heavy atom. The first-order valence-corrected chi connectivity index (χ1v) is 6.75. The van der Waals surface area contributed by atoms with E-state index in [9.17, 15) is 0 Å². The van der Waals surface area contributed by atoms with Crippen molar-refractivity contribution in [1.82, 2.24) is 9.97 Å². The lowest BCUT2D eigenvalue weighted by molar-refractivity contribution is 0.232. The van der Waals surface area contributed by atoms with Crippen molar-refractivity contribution >= 4 is 21.9 Å². The number of hydrogen-bond acceptors (Lipinski definition) is 4. The fourth-order valence-electron chi connectivity index (χ4n) is 1.29. The predicted molar refractivity (Wildman–Crippen MR) is 74.1 cm³/mol. The third kappa shape index (κ3) is 5.35. The van der Waals surface area contributed by atoms with Gasteiger partial charge in [-0.2, -0.15) is 4.98 Å². The van der Waals surface area contributed by atoms with E-state index in [0.29, 0.717) is 16.7 Å². The number of rotatable bonds is 6. The third-order valence-electron chi connectivity index (χ3n) is 2.18. The summed E-state index contributed by atoms with van der Waals surface area (Å²) in [6, 6.07) is 1.78. The van der Waals surface area contributed by atoms with Gasteiger partial charge in [0.15, 0.2) is 0 Å². The van der Waals surface area contributed by atoms with Crippen LogP contribution >= 0.6 is 15.9 Å². The first-order valence-electron chi connectivity index (χ1n) is 5.84. The summed E-state index contributed by atoms with van der Waals surface area (Å²) in [5.74, 6) is 1.33. The second-order valence-electron chi connectivity index (χ2n) is 4.35. The highest BCUT2D eigenvalue weighted by atomic mass is 79.9. The molecule has 0 aliphatic rings. The lowest BCUT2D eigenvalue weighted by atomic mass is 10.3. The normalized spacial score (nSPS) is 12.6. The number of halogens is 1. The van der Waals surface area contributed by atoms with E-state index in [-0.39, 0.29) is 6.10 Å². The second-order valence-corrected chi connectivity index (χ2v) is 5.92. The number of hydrogen-bond donors (Lipinski definition) is 0. The highest BCUT2D eigenvalue weighted by molar-refractivity contribution is 9.09. The molecule has 17 heavy (non-hydrogen) atoms. The predicted octanol–water partition coefficient (Wildman–Crippen LogP) is 2.87. The lowest BCUT2D eigenvalue weighted by Crippen LogP contribution is -2.23. The van der Waals surface area contributed by atoms with E-state index >= 15 is 0 Å². The number of ether oxygens (including phenoxy) is 1. The van der Waals surface area contributed by atoms with Gasteiger partial charge in [-0.25, -0.2) is 4.98 Å². The molecule has 0 N–H and O–H groups in total. The van der Waals surface area contributed by atoms with Gasteiger partial charge in [-0.1, -0.05) is 22.9 Å². The van der Waals surface area contributed by atoms with Crippen molar-refractivity contribution in [3.05, 3.63) is 12.3 Å². The van der Waals surface area contributed by atoms with Crippen LogP contribution < -0.4 is 9.64 Å². The summed E-state index contributed by atoms with van der Waals surface area (Å²) in [6.45, 7) is 7.01. The van der Waals surface area contributed by atoms with Crippen molar-refractivity contribution in [2.45, 2.75) is 38.1 Å². The molecule has 0 aliphatic carbocycles. The molecule has 96 valence electrons. The standard InChI is InChI=1S/C12H20BrN3O/c1-9(2)17-11-5-7-14-12(15-11)16(4)8-6-10(3)13/h5,7,9-10H,6,8H2,1-4H3. The summed E-state index contributed by atoms with van der Waals surface area (Å²) >= 11 is 3.53. The van der Waals surface area contributed by atoms with E-state index in [1.165, 1.54) is 0 Å². The summed E-state index contributed by atoms with van der Waals surface area (Å²) in [5.41, 5.74) is 0. The van der Waals surface area contributed by atoms with Gasteiger partial charge in [-0.15, -0.1) is 0 Å². The zero-order chi connectivity index (χ0) is 12.8. The maximum atomic E-state index is 5.54. The van der Waals surface area contributed by atoms with Crippen molar-refractivity contribution in [1.29, 1.82) is 0 Å². The number of nitrogens with zero attached hydrogens (tertiary/aromatic N) is 3. The topological polar surface area (TPSA) is 38.2 Å². The van der Waals surface area contributed by atoms with Gasteiger partial charge in [0.1, 0.15) is 0 Å². The Morgan fingerprint density at radius 2 is 2.12 bits per heavy atom. The Labute approximate surface area is 112 Å². The molecule has 1 aromatic heterocycles. The molecule has 0 fully saturated rings. The highest BCUT2D eigenvalue weighted by Gasteiger charge is 2.07. The molecular weight excluding hydrogens is 282 g/mol. The number of anilines is 1. The van der Waals surface area contributed by atoms with Crippen LogP contribution in [0.3, 0.4) is 0 Å². The minimum absolute atomic E-state index is 0.130. The molecule has 4 nitrogen and oxygen atoms in total. The highest BCUT2D eigenvalue weighted by Crippen LogP contribution is 2.14. The maximum Gasteiger partial charge on any atom is 0.228 e. The zero-order valence-corrected chi connectivity index (χ0v) is 12.4. The van der Waals surface area contributed by atoms with Crippen molar-refractivity contribution in [2.75, 3.05) is 18.5 Å². The molecule has 0 amide bonds. The molecule has 0 aromatic carbocycles. The average Bonchev–Trinajstić information content (AvgIpc) is 2.25. The molecule has 0 bridgehead atoms. The summed E-state index contributed by atoms with van der Waals surface area (Å²) < 4.78 is 5.54. The SMILES string of the molecule is CC(Br)CCN(C)c1nccc(OC(C)C)n1. The molecule has 1 heterocycles. The first kappa shape index (κ1) is 14.2. The van der Waals surface area contributed by atoms with Crippen LogP contribution in [-0.2, 0) is 0 Å². The first-order chi connectivity index (χ1) is 7.99. The minimum atomic E-state index is 0.130. The maximum absolute atomic E-state index is 5.54. The molecule has 1 atom stereocenters. The van der Waals surface area contributed by atoms with E-state index in [1.54, 1.807) is 12.3 Å². The van der Waals surface area contributed by atoms with Crippen LogP contribution in [0.15, 0.2) is 12.3 Å². The third-order valence-corrected chi connectivity index (χ3v) is 2.64. The van der Waals surface area contributed by atoms with Crippen LogP contribution in [0.2, 0.25) is 0 Å². The molecule has 1 aromatic rings. The Hall–Kier alpha value is -0.840. The van der Waals surface area contributed by atoms with Gasteiger partial charge < -0.3 is 9.64 Å². The van der Waals surface area contributed by atoms with E-state index < -0.39 is 0 Å². The molecule has 1 unspecified atom stereocenters. The van der Waals surface area contributed by atoms with Gasteiger partial charge >= 0.3 is 0 Å². The van der Waals surface area contributed by atoms with Gasteiger partial charge in [0.25, 0.3) is 0 Å². The largest absolute Gasteiger partial charge is 0.475 e. The van der Waals surface area contributed by atoms with Gasteiger partial charge in [-0.3, -0.25) is 0 Å². The van der Waals surface area contributed by atoms with Gasteiger partial charge in [0, 0.05) is 30.7 Å². The monoisotopic (exact) mass is 301 g/mol. The summed E-state index contributed by atoms with van der Waals surface area (Å²) in [6.07, 6.45) is 2.91. The molecule has 1 rings (SSSR count). The minimum Gasteiger partial charge on any atom is -0.475 e. The molecule has 0 radical (unpaired) electrons. The van der Waals surface area contributed by atoms with Crippen LogP contribution in [0.25, 0.3) is 0 Å². The van der Waals surface area contributed by atoms with Crippen LogP contribution in [-0.4, -0.2) is 34.5 Å². The molecule has 0 spiro atoms. The fraction of sp³-hybridized carbons (Fsp3) is 0.667. The van der Waals surface area contributed by atoms with E-state index in [4.69, 9.17) is 4.74 Å². The van der Waals surface area contributed by atoms with E-state index in [1.807, 2.05) is 25.8 Å². The van der Waals surface area contributed by atoms with Crippen LogP contribution in [0.5, 0.6) is 5.88 Å². The molecule has 5 heteroatoms. The molecule has 0 aliphatic heterocycles. The average molecular weight is 302 g/mol. The van der Waals surface area contributed by atoms with Crippen molar-refractivity contribution in [3.63, 3.8) is 0 Å². The van der Waals surface area contributed by atoms with Crippen LogP contribution in [0, 0.1) is 0 Å². The Kier molecular flexibility index (Phi) is 5.68. The summed E-state index contributed by atoms with van der Waals surface area (Å²) in [7, 11) is 1.99. The molecule has 0 saturated carbocycles. The van der Waals surface area contributed by atoms with Crippen LogP contribution in [0.1, 0.15) is 27.2 Å². The van der Waals surface area contributed by atoms with Crippen molar-refractivity contribution in [2.24, 2.45) is 0 Å². The fourth-order valence-corrected chi connectivity index (χ4v) is 1.50.